The number of fused-ring (bicyclic) bond motifs is 1. The van der Waals surface area contributed by atoms with E-state index in [2.05, 4.69) is 47.3 Å². The molecule has 0 spiro atoms. The monoisotopic (exact) mass is 538 g/mol. The quantitative estimate of drug-likeness (QED) is 0.390. The van der Waals surface area contributed by atoms with Crippen LogP contribution in [0.3, 0.4) is 0 Å². The van der Waals surface area contributed by atoms with Crippen LogP contribution in [-0.4, -0.2) is 31.2 Å². The number of ether oxygens (including phenoxy) is 2. The minimum atomic E-state index is -0.408. The number of thiophene rings is 1. The third-order valence-corrected chi connectivity index (χ3v) is 7.61. The summed E-state index contributed by atoms with van der Waals surface area (Å²) < 4.78 is 11.1. The number of carbonyl (C=O) groups excluding carboxylic acids is 2. The highest BCUT2D eigenvalue weighted by Gasteiger charge is 2.34. The Morgan fingerprint density at radius 1 is 1.25 bits per heavy atom. The van der Waals surface area contributed by atoms with Crippen LogP contribution in [0.2, 0.25) is 0 Å². The number of thiocarbonyl (C=S) groups is 1. The van der Waals surface area contributed by atoms with Crippen LogP contribution in [0.4, 0.5) is 5.00 Å². The summed E-state index contributed by atoms with van der Waals surface area (Å²) in [6.45, 7) is 6.74. The fourth-order valence-corrected chi connectivity index (χ4v) is 5.83. The van der Waals surface area contributed by atoms with Gasteiger partial charge in [0.1, 0.15) is 10.8 Å². The van der Waals surface area contributed by atoms with E-state index in [-0.39, 0.29) is 10.5 Å². The summed E-state index contributed by atoms with van der Waals surface area (Å²) in [5.74, 6) is 0.155. The van der Waals surface area contributed by atoms with E-state index in [0.717, 1.165) is 29.3 Å². The summed E-state index contributed by atoms with van der Waals surface area (Å²) in [6, 6.07) is 5.15. The topological polar surface area (TPSA) is 76.7 Å². The van der Waals surface area contributed by atoms with Gasteiger partial charge in [-0.25, -0.2) is 4.79 Å². The number of benzene rings is 1. The molecule has 172 valence electrons. The van der Waals surface area contributed by atoms with E-state index in [9.17, 15) is 9.59 Å². The molecule has 0 bridgehead atoms. The number of rotatable bonds is 4. The highest BCUT2D eigenvalue weighted by atomic mass is 79.9. The number of anilines is 1. The molecule has 0 radical (unpaired) electrons. The normalized spacial score (nSPS) is 15.5. The molecular weight excluding hydrogens is 512 g/mol. The van der Waals surface area contributed by atoms with Crippen molar-refractivity contribution in [2.24, 2.45) is 11.3 Å². The van der Waals surface area contributed by atoms with Gasteiger partial charge in [-0.1, -0.05) is 36.7 Å². The van der Waals surface area contributed by atoms with Crippen LogP contribution in [0, 0.1) is 11.3 Å². The lowest BCUT2D eigenvalue weighted by Crippen LogP contribution is -2.34. The second-order valence-electron chi connectivity index (χ2n) is 8.76. The molecular formula is C23H27BrN2O4S2. The number of esters is 1. The van der Waals surface area contributed by atoms with Crippen molar-refractivity contribution >= 4 is 61.5 Å². The zero-order valence-electron chi connectivity index (χ0n) is 18.8. The van der Waals surface area contributed by atoms with Gasteiger partial charge in [-0.05, 0) is 66.6 Å². The van der Waals surface area contributed by atoms with Crippen LogP contribution in [0.1, 0.15) is 58.3 Å². The van der Waals surface area contributed by atoms with Crippen molar-refractivity contribution in [3.8, 4) is 5.75 Å². The van der Waals surface area contributed by atoms with Gasteiger partial charge in [0, 0.05) is 9.35 Å². The minimum absolute atomic E-state index is 0.105. The molecule has 0 saturated carbocycles. The molecule has 0 saturated heterocycles. The van der Waals surface area contributed by atoms with Crippen LogP contribution in [0.5, 0.6) is 5.75 Å². The maximum atomic E-state index is 12.8. The van der Waals surface area contributed by atoms with E-state index < -0.39 is 11.9 Å². The minimum Gasteiger partial charge on any atom is -0.496 e. The van der Waals surface area contributed by atoms with Crippen molar-refractivity contribution in [1.82, 2.24) is 5.32 Å². The lowest BCUT2D eigenvalue weighted by molar-refractivity contribution is 0.0600. The maximum Gasteiger partial charge on any atom is 0.341 e. The average Bonchev–Trinajstić information content (AvgIpc) is 3.09. The number of carbonyl (C=O) groups is 2. The molecule has 2 aromatic rings. The van der Waals surface area contributed by atoms with Crippen LogP contribution in [0.15, 0.2) is 22.7 Å². The molecule has 1 aromatic heterocycles. The molecule has 3 rings (SSSR count). The van der Waals surface area contributed by atoms with Gasteiger partial charge in [0.15, 0.2) is 5.11 Å². The molecule has 1 aliphatic carbocycles. The summed E-state index contributed by atoms with van der Waals surface area (Å²) in [5.41, 5.74) is 2.06. The Kier molecular flexibility index (Phi) is 7.62. The SMILES string of the molecule is COC(=O)c1c(NC(=S)NC(=O)c2cc(Br)ccc2OC)sc2c1CCC(C(C)(C)C)C2. The summed E-state index contributed by atoms with van der Waals surface area (Å²) in [5, 5.41) is 6.44. The molecule has 2 N–H and O–H groups in total. The van der Waals surface area contributed by atoms with E-state index >= 15 is 0 Å². The van der Waals surface area contributed by atoms with Crippen LogP contribution < -0.4 is 15.4 Å². The summed E-state index contributed by atoms with van der Waals surface area (Å²) in [7, 11) is 2.87. The van der Waals surface area contributed by atoms with E-state index in [1.807, 2.05) is 0 Å². The summed E-state index contributed by atoms with van der Waals surface area (Å²) in [6.07, 6.45) is 2.73. The third kappa shape index (κ3) is 5.32. The molecule has 1 heterocycles. The Balaban J connectivity index is 1.83. The Morgan fingerprint density at radius 2 is 1.97 bits per heavy atom. The van der Waals surface area contributed by atoms with Crippen LogP contribution >= 0.6 is 39.5 Å². The standard InChI is InChI=1S/C23H27BrN2O4S2/c1-23(2,3)12-6-8-14-17(10-12)32-20(18(14)21(28)30-5)26-22(31)25-19(27)15-11-13(24)7-9-16(15)29-4/h7,9,11-12H,6,8,10H2,1-5H3,(H2,25,26,27,31). The number of methoxy groups -OCH3 is 2. The first-order chi connectivity index (χ1) is 15.0. The highest BCUT2D eigenvalue weighted by molar-refractivity contribution is 9.10. The van der Waals surface area contributed by atoms with Crippen molar-refractivity contribution < 1.29 is 19.1 Å². The third-order valence-electron chi connectivity index (χ3n) is 5.74. The van der Waals surface area contributed by atoms with Gasteiger partial charge in [0.05, 0.1) is 25.3 Å². The van der Waals surface area contributed by atoms with Crippen molar-refractivity contribution in [1.29, 1.82) is 0 Å². The predicted octanol–water partition coefficient (Wildman–Crippen LogP) is 5.58. The number of nitrogens with one attached hydrogen (secondary N) is 2. The lowest BCUT2D eigenvalue weighted by Gasteiger charge is -2.33. The molecule has 9 heteroatoms. The van der Waals surface area contributed by atoms with E-state index in [1.165, 1.54) is 30.4 Å². The van der Waals surface area contributed by atoms with Gasteiger partial charge >= 0.3 is 5.97 Å². The number of hydrogen-bond donors (Lipinski definition) is 2. The molecule has 1 aliphatic rings. The first-order valence-corrected chi connectivity index (χ1v) is 12.3. The number of halogens is 1. The van der Waals surface area contributed by atoms with E-state index in [4.69, 9.17) is 21.7 Å². The highest BCUT2D eigenvalue weighted by Crippen LogP contribution is 2.44. The van der Waals surface area contributed by atoms with Gasteiger partial charge in [0.2, 0.25) is 0 Å². The number of hydrogen-bond acceptors (Lipinski definition) is 6. The van der Waals surface area contributed by atoms with Gasteiger partial charge in [0.25, 0.3) is 5.91 Å². The molecule has 6 nitrogen and oxygen atoms in total. The Labute approximate surface area is 206 Å². The smallest absolute Gasteiger partial charge is 0.341 e. The largest absolute Gasteiger partial charge is 0.496 e. The van der Waals surface area contributed by atoms with Crippen molar-refractivity contribution in [2.45, 2.75) is 40.0 Å². The average molecular weight is 540 g/mol. The van der Waals surface area contributed by atoms with E-state index in [1.54, 1.807) is 18.2 Å². The Bertz CT molecular complexity index is 1060. The Hall–Kier alpha value is -1.97. The molecule has 0 aliphatic heterocycles. The van der Waals surface area contributed by atoms with E-state index in [0.29, 0.717) is 27.8 Å². The first-order valence-electron chi connectivity index (χ1n) is 10.2. The fraction of sp³-hybridized carbons (Fsp3) is 0.435. The Morgan fingerprint density at radius 3 is 2.59 bits per heavy atom. The van der Waals surface area contributed by atoms with Crippen LogP contribution in [-0.2, 0) is 17.6 Å². The second kappa shape index (κ2) is 9.89. The maximum absolute atomic E-state index is 12.8. The molecule has 1 amide bonds. The second-order valence-corrected chi connectivity index (χ2v) is 11.2. The molecule has 32 heavy (non-hydrogen) atoms. The summed E-state index contributed by atoms with van der Waals surface area (Å²) >= 11 is 10.3. The van der Waals surface area contributed by atoms with Gasteiger partial charge < -0.3 is 14.8 Å². The number of amides is 1. The predicted molar refractivity (Wildman–Crippen MR) is 135 cm³/mol. The molecule has 1 atom stereocenters. The summed E-state index contributed by atoms with van der Waals surface area (Å²) in [4.78, 5) is 26.5. The zero-order chi connectivity index (χ0) is 23.6. The van der Waals surface area contributed by atoms with Gasteiger partial charge in [-0.3, -0.25) is 10.1 Å². The van der Waals surface area contributed by atoms with Crippen LogP contribution in [0.25, 0.3) is 0 Å². The lowest BCUT2D eigenvalue weighted by atomic mass is 9.72. The van der Waals surface area contributed by atoms with Gasteiger partial charge in [-0.2, -0.15) is 0 Å². The molecule has 1 aromatic carbocycles. The molecule has 1 unspecified atom stereocenters. The van der Waals surface area contributed by atoms with Crippen molar-refractivity contribution in [2.75, 3.05) is 19.5 Å². The van der Waals surface area contributed by atoms with Crippen molar-refractivity contribution in [3.63, 3.8) is 0 Å². The zero-order valence-corrected chi connectivity index (χ0v) is 22.0. The first kappa shape index (κ1) is 24.7. The molecule has 0 fully saturated rings. The van der Waals surface area contributed by atoms with Gasteiger partial charge in [-0.15, -0.1) is 11.3 Å². The van der Waals surface area contributed by atoms with Crippen molar-refractivity contribution in [3.05, 3.63) is 44.2 Å². The fourth-order valence-electron chi connectivity index (χ4n) is 3.89.